The molecular weight excluding hydrogens is 693 g/mol. The van der Waals surface area contributed by atoms with Gasteiger partial charge in [0.05, 0.1) is 37.2 Å². The molecule has 2 atom stereocenters. The lowest BCUT2D eigenvalue weighted by Gasteiger charge is -2.23. The van der Waals surface area contributed by atoms with Crippen molar-refractivity contribution in [2.45, 2.75) is 90.1 Å². The van der Waals surface area contributed by atoms with Gasteiger partial charge in [-0.05, 0) is 109 Å². The number of esters is 1. The Hall–Kier alpha value is -3.28. The van der Waals surface area contributed by atoms with Gasteiger partial charge in [0.1, 0.15) is 17.1 Å². The summed E-state index contributed by atoms with van der Waals surface area (Å²) in [6, 6.07) is 6.75. The number of benzene rings is 2. The van der Waals surface area contributed by atoms with Crippen molar-refractivity contribution < 1.29 is 54.8 Å². The average molecular weight is 747 g/mol. The highest BCUT2D eigenvalue weighted by Gasteiger charge is 2.28. The van der Waals surface area contributed by atoms with Crippen LogP contribution in [0.4, 0.5) is 0 Å². The molecule has 0 heterocycles. The Labute approximate surface area is 298 Å². The van der Waals surface area contributed by atoms with E-state index in [1.807, 2.05) is 0 Å². The zero-order chi connectivity index (χ0) is 38.6. The third kappa shape index (κ3) is 13.1. The molecule has 14 nitrogen and oxygen atoms in total. The van der Waals surface area contributed by atoms with Crippen LogP contribution in [0.25, 0.3) is 0 Å². The fourth-order valence-electron chi connectivity index (χ4n) is 4.70. The molecule has 284 valence electrons. The standard InChI is InChI=1S/C19H31NO6S.C15H23NO6S/c1-13-11-16(24-8)12-14(2)17(13)27(22,23)20(7)9-10-25-15(3)18(21)26-19(4,5)6;1-11-8-14(20-5)9-12(2)15(11)23(18,19)16(4)6-7-21-13(3)22-10-17/h11-12,15H,9-10H2,1-8H3;8-10,13H,6-7H2,1-5H3. The van der Waals surface area contributed by atoms with Gasteiger partial charge in [-0.15, -0.1) is 0 Å². The van der Waals surface area contributed by atoms with E-state index in [4.69, 9.17) is 23.7 Å². The molecule has 0 saturated carbocycles. The monoisotopic (exact) mass is 746 g/mol. The summed E-state index contributed by atoms with van der Waals surface area (Å²) >= 11 is 0. The van der Waals surface area contributed by atoms with Crippen molar-refractivity contribution in [3.63, 3.8) is 0 Å². The number of rotatable bonds is 17. The number of carbonyl (C=O) groups is 2. The Balaban J connectivity index is 0.000000506. The van der Waals surface area contributed by atoms with Gasteiger partial charge in [-0.25, -0.2) is 21.6 Å². The average Bonchev–Trinajstić information content (AvgIpc) is 2.99. The highest BCUT2D eigenvalue weighted by molar-refractivity contribution is 7.89. The number of ether oxygens (including phenoxy) is 6. The molecule has 0 radical (unpaired) electrons. The van der Waals surface area contributed by atoms with Crippen LogP contribution in [0.5, 0.6) is 11.5 Å². The van der Waals surface area contributed by atoms with Crippen LogP contribution in [0.15, 0.2) is 34.1 Å². The predicted molar refractivity (Wildman–Crippen MR) is 188 cm³/mol. The summed E-state index contributed by atoms with van der Waals surface area (Å²) in [7, 11) is -1.30. The van der Waals surface area contributed by atoms with Gasteiger partial charge in [0.25, 0.3) is 6.47 Å². The quantitative estimate of drug-likeness (QED) is 0.129. The van der Waals surface area contributed by atoms with E-state index in [1.165, 1.54) is 36.9 Å². The van der Waals surface area contributed by atoms with Crippen LogP contribution in [0.2, 0.25) is 0 Å². The van der Waals surface area contributed by atoms with E-state index < -0.39 is 44.0 Å². The van der Waals surface area contributed by atoms with E-state index >= 15 is 0 Å². The molecular formula is C34H54N2O12S2. The molecule has 0 bridgehead atoms. The van der Waals surface area contributed by atoms with E-state index in [9.17, 15) is 26.4 Å². The van der Waals surface area contributed by atoms with E-state index in [-0.39, 0.29) is 42.6 Å². The molecule has 0 aliphatic carbocycles. The highest BCUT2D eigenvalue weighted by atomic mass is 32.2. The lowest BCUT2D eigenvalue weighted by molar-refractivity contribution is -0.167. The minimum Gasteiger partial charge on any atom is -0.497 e. The van der Waals surface area contributed by atoms with Crippen LogP contribution in [-0.2, 0) is 48.6 Å². The molecule has 0 spiro atoms. The van der Waals surface area contributed by atoms with E-state index in [0.717, 1.165) is 0 Å². The molecule has 16 heteroatoms. The highest BCUT2D eigenvalue weighted by Crippen LogP contribution is 2.29. The fraction of sp³-hybridized carbons (Fsp3) is 0.588. The Morgan fingerprint density at radius 2 is 1.10 bits per heavy atom. The summed E-state index contributed by atoms with van der Waals surface area (Å²) in [5, 5.41) is 0. The summed E-state index contributed by atoms with van der Waals surface area (Å²) in [5.41, 5.74) is 1.86. The molecule has 2 aromatic carbocycles. The van der Waals surface area contributed by atoms with Gasteiger partial charge in [-0.3, -0.25) is 4.79 Å². The minimum absolute atomic E-state index is 0.0738. The molecule has 0 N–H and O–H groups in total. The van der Waals surface area contributed by atoms with Gasteiger partial charge in [0.2, 0.25) is 20.0 Å². The van der Waals surface area contributed by atoms with Gasteiger partial charge in [-0.2, -0.15) is 8.61 Å². The summed E-state index contributed by atoms with van der Waals surface area (Å²) in [5.74, 6) is 0.751. The first-order valence-electron chi connectivity index (χ1n) is 15.8. The third-order valence-electron chi connectivity index (χ3n) is 7.19. The Bertz CT molecular complexity index is 1610. The predicted octanol–water partition coefficient (Wildman–Crippen LogP) is 4.15. The van der Waals surface area contributed by atoms with E-state index in [0.29, 0.717) is 33.8 Å². The number of likely N-dealkylation sites (N-methyl/N-ethyl adjacent to an activating group) is 2. The zero-order valence-electron chi connectivity index (χ0n) is 31.5. The van der Waals surface area contributed by atoms with Crippen LogP contribution in [-0.4, -0.2) is 111 Å². The topological polar surface area (TPSA) is 164 Å². The lowest BCUT2D eigenvalue weighted by Crippen LogP contribution is -2.35. The second kappa shape index (κ2) is 19.4. The van der Waals surface area contributed by atoms with Crippen LogP contribution in [0.3, 0.4) is 0 Å². The number of hydrogen-bond donors (Lipinski definition) is 0. The molecule has 2 unspecified atom stereocenters. The van der Waals surface area contributed by atoms with Crippen LogP contribution >= 0.6 is 0 Å². The number of carbonyl (C=O) groups excluding carboxylic acids is 2. The smallest absolute Gasteiger partial charge is 0.335 e. The first-order valence-corrected chi connectivity index (χ1v) is 18.7. The SMILES string of the molecule is COc1cc(C)c(S(=O)(=O)N(C)CCOC(C)C(=O)OC(C)(C)C)c(C)c1.COc1cc(C)c(S(=O)(=O)N(C)CCOC(C)OC=O)c(C)c1. The third-order valence-corrected chi connectivity index (χ3v) is 11.5. The van der Waals surface area contributed by atoms with Crippen molar-refractivity contribution in [2.75, 3.05) is 54.6 Å². The van der Waals surface area contributed by atoms with Crippen LogP contribution in [0.1, 0.15) is 56.9 Å². The van der Waals surface area contributed by atoms with Gasteiger partial charge >= 0.3 is 5.97 Å². The van der Waals surface area contributed by atoms with Crippen molar-refractivity contribution in [1.82, 2.24) is 8.61 Å². The second-order valence-electron chi connectivity index (χ2n) is 12.6. The Morgan fingerprint density at radius 3 is 1.42 bits per heavy atom. The lowest BCUT2D eigenvalue weighted by atomic mass is 10.1. The van der Waals surface area contributed by atoms with E-state index in [1.54, 1.807) is 86.6 Å². The number of nitrogens with zero attached hydrogens (tertiary/aromatic N) is 2. The maximum atomic E-state index is 12.9. The normalized spacial score (nSPS) is 13.3. The number of aryl methyl sites for hydroxylation is 4. The fourth-order valence-corrected chi connectivity index (χ4v) is 7.81. The van der Waals surface area contributed by atoms with Crippen LogP contribution in [0, 0.1) is 27.7 Å². The first kappa shape index (κ1) is 44.7. The van der Waals surface area contributed by atoms with Gasteiger partial charge in [0.15, 0.2) is 12.4 Å². The summed E-state index contributed by atoms with van der Waals surface area (Å²) in [6.07, 6.45) is -1.49. The molecule has 50 heavy (non-hydrogen) atoms. The number of hydrogen-bond acceptors (Lipinski definition) is 12. The summed E-state index contributed by atoms with van der Waals surface area (Å²) in [4.78, 5) is 22.6. The van der Waals surface area contributed by atoms with Gasteiger partial charge < -0.3 is 28.4 Å². The summed E-state index contributed by atoms with van der Waals surface area (Å²) < 4.78 is 84.5. The maximum Gasteiger partial charge on any atom is 0.335 e. The van der Waals surface area contributed by atoms with Crippen molar-refractivity contribution in [3.8, 4) is 11.5 Å². The van der Waals surface area contributed by atoms with Gasteiger partial charge in [0, 0.05) is 27.2 Å². The minimum atomic E-state index is -3.69. The number of methoxy groups -OCH3 is 2. The molecule has 0 aliphatic rings. The molecule has 2 aromatic rings. The molecule has 0 aromatic heterocycles. The van der Waals surface area contributed by atoms with Crippen molar-refractivity contribution in [3.05, 3.63) is 46.5 Å². The number of sulfonamides is 2. The Kier molecular flexibility index (Phi) is 17.3. The molecule has 2 rings (SSSR count). The largest absolute Gasteiger partial charge is 0.497 e. The molecule has 0 saturated heterocycles. The second-order valence-corrected chi connectivity index (χ2v) is 16.5. The Morgan fingerprint density at radius 1 is 0.740 bits per heavy atom. The zero-order valence-corrected chi connectivity index (χ0v) is 33.1. The molecule has 0 fully saturated rings. The van der Waals surface area contributed by atoms with Gasteiger partial charge in [-0.1, -0.05) is 0 Å². The maximum absolute atomic E-state index is 12.9. The van der Waals surface area contributed by atoms with Crippen molar-refractivity contribution in [1.29, 1.82) is 0 Å². The molecule has 0 aliphatic heterocycles. The van der Waals surface area contributed by atoms with Crippen LogP contribution < -0.4 is 9.47 Å². The first-order chi connectivity index (χ1) is 23.0. The van der Waals surface area contributed by atoms with E-state index in [2.05, 4.69) is 4.74 Å². The van der Waals surface area contributed by atoms with Crippen molar-refractivity contribution >= 4 is 32.5 Å². The van der Waals surface area contributed by atoms with Crippen molar-refractivity contribution in [2.24, 2.45) is 0 Å². The molecule has 0 amide bonds. The summed E-state index contributed by atoms with van der Waals surface area (Å²) in [6.45, 7) is 16.1.